The van der Waals surface area contributed by atoms with Crippen LogP contribution in [0.5, 0.6) is 5.75 Å². The maximum absolute atomic E-state index is 12.0. The van der Waals surface area contributed by atoms with Crippen molar-refractivity contribution in [3.05, 3.63) is 80.1 Å². The Morgan fingerprint density at radius 1 is 1.19 bits per heavy atom. The van der Waals surface area contributed by atoms with Crippen LogP contribution in [0.15, 0.2) is 52.0 Å². The monoisotopic (exact) mass is 441 g/mol. The fourth-order valence-corrected chi connectivity index (χ4v) is 3.14. The molecule has 1 aromatic heterocycles. The van der Waals surface area contributed by atoms with Gasteiger partial charge in [-0.3, -0.25) is 14.9 Å². The average molecular weight is 442 g/mol. The molecular weight excluding hydrogens is 422 g/mol. The highest BCUT2D eigenvalue weighted by atomic mass is 35.5. The van der Waals surface area contributed by atoms with Crippen LogP contribution < -0.4 is 10.2 Å². The molecule has 1 amide bonds. The van der Waals surface area contributed by atoms with Crippen molar-refractivity contribution in [1.29, 1.82) is 0 Å². The first-order chi connectivity index (χ1) is 14.8. The molecule has 160 valence electrons. The Morgan fingerprint density at radius 3 is 2.65 bits per heavy atom. The third-order valence-corrected chi connectivity index (χ3v) is 4.97. The van der Waals surface area contributed by atoms with Gasteiger partial charge < -0.3 is 9.15 Å². The maximum Gasteiger partial charge on any atom is 0.277 e. The Labute approximate surface area is 183 Å². The lowest BCUT2D eigenvalue weighted by Gasteiger charge is -2.13. The summed E-state index contributed by atoms with van der Waals surface area (Å²) in [5, 5.41) is 14.9. The Balaban J connectivity index is 1.59. The molecule has 31 heavy (non-hydrogen) atoms. The molecular formula is C22H20ClN3O5. The molecule has 0 saturated carbocycles. The summed E-state index contributed by atoms with van der Waals surface area (Å²) in [5.74, 6) is 1.06. The van der Waals surface area contributed by atoms with Crippen molar-refractivity contribution in [2.24, 2.45) is 5.10 Å². The standard InChI is InChI=1S/C22H20ClN3O5/c1-13-4-5-14(2)22(15(13)3)30-12-21(27)25-24-11-17-7-9-20(31-17)18-8-6-16(26(28)29)10-19(18)23/h4-11H,12H2,1-3H3,(H,25,27)/b24-11+. The first-order valence-electron chi connectivity index (χ1n) is 9.32. The second-order valence-corrected chi connectivity index (χ2v) is 7.27. The van der Waals surface area contributed by atoms with E-state index in [0.717, 1.165) is 16.7 Å². The second kappa shape index (κ2) is 9.44. The van der Waals surface area contributed by atoms with E-state index in [-0.39, 0.29) is 17.3 Å². The largest absolute Gasteiger partial charge is 0.483 e. The van der Waals surface area contributed by atoms with Crippen LogP contribution in [0.2, 0.25) is 5.02 Å². The minimum Gasteiger partial charge on any atom is -0.483 e. The van der Waals surface area contributed by atoms with Crippen molar-refractivity contribution in [3.8, 4) is 17.1 Å². The van der Waals surface area contributed by atoms with Crippen LogP contribution in [-0.4, -0.2) is 23.7 Å². The average Bonchev–Trinajstić information content (AvgIpc) is 3.19. The van der Waals surface area contributed by atoms with Gasteiger partial charge in [-0.15, -0.1) is 0 Å². The molecule has 9 heteroatoms. The van der Waals surface area contributed by atoms with Gasteiger partial charge in [0.2, 0.25) is 0 Å². The summed E-state index contributed by atoms with van der Waals surface area (Å²) in [4.78, 5) is 22.3. The molecule has 1 N–H and O–H groups in total. The molecule has 0 saturated heterocycles. The number of aryl methyl sites for hydroxylation is 2. The van der Waals surface area contributed by atoms with Crippen LogP contribution in [0, 0.1) is 30.9 Å². The Kier molecular flexibility index (Phi) is 6.71. The first-order valence-corrected chi connectivity index (χ1v) is 9.69. The van der Waals surface area contributed by atoms with E-state index in [2.05, 4.69) is 10.5 Å². The summed E-state index contributed by atoms with van der Waals surface area (Å²) in [6.07, 6.45) is 1.34. The van der Waals surface area contributed by atoms with Gasteiger partial charge in [-0.05, 0) is 55.7 Å². The number of hydrazone groups is 1. The van der Waals surface area contributed by atoms with Crippen molar-refractivity contribution in [1.82, 2.24) is 5.43 Å². The van der Waals surface area contributed by atoms with E-state index in [1.165, 1.54) is 24.4 Å². The molecule has 0 radical (unpaired) electrons. The molecule has 3 aromatic rings. The number of ether oxygens (including phenoxy) is 1. The molecule has 0 aliphatic heterocycles. The molecule has 8 nitrogen and oxygen atoms in total. The topological polar surface area (TPSA) is 107 Å². The van der Waals surface area contributed by atoms with E-state index in [1.807, 2.05) is 32.9 Å². The number of nitrogens with one attached hydrogen (secondary N) is 1. The minimum absolute atomic E-state index is 0.108. The number of hydrogen-bond acceptors (Lipinski definition) is 6. The zero-order chi connectivity index (χ0) is 22.5. The number of amides is 1. The fourth-order valence-electron chi connectivity index (χ4n) is 2.87. The third kappa shape index (κ3) is 5.29. The number of nitro benzene ring substituents is 1. The number of carbonyl (C=O) groups excluding carboxylic acids is 1. The van der Waals surface area contributed by atoms with Gasteiger partial charge in [0.05, 0.1) is 16.2 Å². The number of nitrogens with zero attached hydrogens (tertiary/aromatic N) is 2. The van der Waals surface area contributed by atoms with Gasteiger partial charge in [0.25, 0.3) is 11.6 Å². The van der Waals surface area contributed by atoms with Gasteiger partial charge >= 0.3 is 0 Å². The van der Waals surface area contributed by atoms with Gasteiger partial charge in [0.1, 0.15) is 17.3 Å². The van der Waals surface area contributed by atoms with E-state index in [9.17, 15) is 14.9 Å². The normalized spacial score (nSPS) is 11.0. The first kappa shape index (κ1) is 22.0. The highest BCUT2D eigenvalue weighted by Gasteiger charge is 2.13. The summed E-state index contributed by atoms with van der Waals surface area (Å²) in [7, 11) is 0. The Hall–Kier alpha value is -3.65. The summed E-state index contributed by atoms with van der Waals surface area (Å²) in [6, 6.07) is 11.3. The highest BCUT2D eigenvalue weighted by molar-refractivity contribution is 6.33. The molecule has 0 fully saturated rings. The molecule has 2 aromatic carbocycles. The van der Waals surface area contributed by atoms with E-state index < -0.39 is 10.8 Å². The van der Waals surface area contributed by atoms with E-state index in [0.29, 0.717) is 22.8 Å². The van der Waals surface area contributed by atoms with E-state index in [1.54, 1.807) is 12.1 Å². The van der Waals surface area contributed by atoms with Crippen molar-refractivity contribution in [2.75, 3.05) is 6.61 Å². The molecule has 0 spiro atoms. The zero-order valence-electron chi connectivity index (χ0n) is 17.1. The van der Waals surface area contributed by atoms with Crippen molar-refractivity contribution in [3.63, 3.8) is 0 Å². The van der Waals surface area contributed by atoms with Crippen LogP contribution in [0.25, 0.3) is 11.3 Å². The number of hydrogen-bond donors (Lipinski definition) is 1. The fraction of sp³-hybridized carbons (Fsp3) is 0.182. The predicted octanol–water partition coefficient (Wildman–Crippen LogP) is 4.96. The van der Waals surface area contributed by atoms with Crippen molar-refractivity contribution in [2.45, 2.75) is 20.8 Å². The predicted molar refractivity (Wildman–Crippen MR) is 118 cm³/mol. The molecule has 0 aliphatic rings. The van der Waals surface area contributed by atoms with Gasteiger partial charge in [0.15, 0.2) is 6.61 Å². The number of halogens is 1. The van der Waals surface area contributed by atoms with E-state index >= 15 is 0 Å². The van der Waals surface area contributed by atoms with Crippen LogP contribution in [-0.2, 0) is 4.79 Å². The number of non-ortho nitro benzene ring substituents is 1. The van der Waals surface area contributed by atoms with Crippen LogP contribution >= 0.6 is 11.6 Å². The Bertz CT molecular complexity index is 1170. The Morgan fingerprint density at radius 2 is 1.94 bits per heavy atom. The maximum atomic E-state index is 12.0. The molecule has 0 unspecified atom stereocenters. The van der Waals surface area contributed by atoms with Gasteiger partial charge in [-0.1, -0.05) is 23.7 Å². The number of benzene rings is 2. The van der Waals surface area contributed by atoms with Crippen molar-refractivity contribution >= 4 is 29.4 Å². The summed E-state index contributed by atoms with van der Waals surface area (Å²) >= 11 is 6.11. The smallest absolute Gasteiger partial charge is 0.277 e. The lowest BCUT2D eigenvalue weighted by molar-refractivity contribution is -0.384. The highest BCUT2D eigenvalue weighted by Crippen LogP contribution is 2.32. The van der Waals surface area contributed by atoms with Crippen LogP contribution in [0.1, 0.15) is 22.5 Å². The van der Waals surface area contributed by atoms with Crippen molar-refractivity contribution < 1.29 is 18.9 Å². The van der Waals surface area contributed by atoms with Crippen LogP contribution in [0.3, 0.4) is 0 Å². The van der Waals surface area contributed by atoms with E-state index in [4.69, 9.17) is 20.8 Å². The van der Waals surface area contributed by atoms with Gasteiger partial charge in [-0.25, -0.2) is 5.43 Å². The number of rotatable bonds is 7. The number of furan rings is 1. The summed E-state index contributed by atoms with van der Waals surface area (Å²) < 4.78 is 11.3. The van der Waals surface area contributed by atoms with Gasteiger partial charge in [0, 0.05) is 17.7 Å². The lowest BCUT2D eigenvalue weighted by Crippen LogP contribution is -2.25. The quantitative estimate of drug-likeness (QED) is 0.316. The number of carbonyl (C=O) groups is 1. The minimum atomic E-state index is -0.524. The molecule has 3 rings (SSSR count). The summed E-state index contributed by atoms with van der Waals surface area (Å²) in [6.45, 7) is 5.67. The third-order valence-electron chi connectivity index (χ3n) is 4.66. The summed E-state index contributed by atoms with van der Waals surface area (Å²) in [5.41, 5.74) is 5.80. The lowest BCUT2D eigenvalue weighted by atomic mass is 10.1. The molecule has 1 heterocycles. The molecule has 0 aliphatic carbocycles. The zero-order valence-corrected chi connectivity index (χ0v) is 17.9. The van der Waals surface area contributed by atoms with Gasteiger partial charge in [-0.2, -0.15) is 5.10 Å². The molecule has 0 bridgehead atoms. The number of nitro groups is 1. The van der Waals surface area contributed by atoms with Crippen LogP contribution in [0.4, 0.5) is 5.69 Å². The SMILES string of the molecule is Cc1ccc(C)c(OCC(=O)N/N=C/c2ccc(-c3ccc([N+](=O)[O-])cc3Cl)o2)c1C. The second-order valence-electron chi connectivity index (χ2n) is 6.86. The molecule has 0 atom stereocenters.